The lowest BCUT2D eigenvalue weighted by atomic mass is 10.2. The van der Waals surface area contributed by atoms with Crippen LogP contribution in [0.3, 0.4) is 0 Å². The molecular formula is C19H18FN3O5. The van der Waals surface area contributed by atoms with Crippen molar-refractivity contribution in [3.8, 4) is 11.5 Å². The van der Waals surface area contributed by atoms with E-state index in [1.165, 1.54) is 44.5 Å². The molecule has 0 saturated carbocycles. The highest BCUT2D eigenvalue weighted by Gasteiger charge is 2.09. The Kier molecular flexibility index (Phi) is 7.21. The van der Waals surface area contributed by atoms with Crippen LogP contribution in [0.1, 0.15) is 22.8 Å². The lowest BCUT2D eigenvalue weighted by Gasteiger charge is -2.08. The number of ether oxygens (including phenoxy) is 2. The van der Waals surface area contributed by atoms with Crippen molar-refractivity contribution in [2.24, 2.45) is 5.10 Å². The molecule has 0 aliphatic rings. The summed E-state index contributed by atoms with van der Waals surface area (Å²) < 4.78 is 23.2. The zero-order valence-corrected chi connectivity index (χ0v) is 15.2. The number of hydrogen-bond acceptors (Lipinski definition) is 6. The summed E-state index contributed by atoms with van der Waals surface area (Å²) in [4.78, 5) is 34.6. The molecule has 0 fully saturated rings. The molecule has 2 rings (SSSR count). The molecular weight excluding hydrogens is 369 g/mol. The number of carbonyl (C=O) groups is 3. The predicted molar refractivity (Wildman–Crippen MR) is 98.8 cm³/mol. The summed E-state index contributed by atoms with van der Waals surface area (Å²) in [6, 6.07) is 9.83. The maximum atomic E-state index is 13.1. The van der Waals surface area contributed by atoms with Crippen molar-refractivity contribution in [3.63, 3.8) is 0 Å². The van der Waals surface area contributed by atoms with Crippen LogP contribution in [0.5, 0.6) is 11.5 Å². The van der Waals surface area contributed by atoms with Gasteiger partial charge in [0.15, 0.2) is 11.5 Å². The summed E-state index contributed by atoms with van der Waals surface area (Å²) in [7, 11) is 1.42. The first-order chi connectivity index (χ1) is 13.4. The Balaban J connectivity index is 1.87. The van der Waals surface area contributed by atoms with Gasteiger partial charge in [0.1, 0.15) is 5.82 Å². The van der Waals surface area contributed by atoms with Gasteiger partial charge in [0.05, 0.1) is 19.9 Å². The number of hydrogen-bond donors (Lipinski definition) is 2. The van der Waals surface area contributed by atoms with E-state index in [2.05, 4.69) is 15.8 Å². The van der Waals surface area contributed by atoms with Gasteiger partial charge in [-0.3, -0.25) is 14.4 Å². The van der Waals surface area contributed by atoms with E-state index in [-0.39, 0.29) is 17.9 Å². The molecule has 0 atom stereocenters. The first kappa shape index (κ1) is 20.6. The first-order valence-electron chi connectivity index (χ1n) is 8.11. The summed E-state index contributed by atoms with van der Waals surface area (Å²) in [6.45, 7) is 0.943. The van der Waals surface area contributed by atoms with Gasteiger partial charge >= 0.3 is 5.97 Å². The molecule has 2 aromatic carbocycles. The molecule has 8 nitrogen and oxygen atoms in total. The third kappa shape index (κ3) is 6.20. The average Bonchev–Trinajstić information content (AvgIpc) is 2.66. The Morgan fingerprint density at radius 2 is 1.93 bits per heavy atom. The van der Waals surface area contributed by atoms with E-state index < -0.39 is 23.6 Å². The second-order valence-electron chi connectivity index (χ2n) is 5.49. The third-order valence-corrected chi connectivity index (χ3v) is 3.34. The number of carbonyl (C=O) groups excluding carboxylic acids is 3. The fourth-order valence-electron chi connectivity index (χ4n) is 2.11. The lowest BCUT2D eigenvalue weighted by molar-refractivity contribution is -0.132. The van der Waals surface area contributed by atoms with E-state index in [4.69, 9.17) is 9.47 Å². The fourth-order valence-corrected chi connectivity index (χ4v) is 2.11. The van der Waals surface area contributed by atoms with E-state index in [9.17, 15) is 18.8 Å². The van der Waals surface area contributed by atoms with Gasteiger partial charge in [-0.25, -0.2) is 9.82 Å². The molecule has 146 valence electrons. The van der Waals surface area contributed by atoms with Crippen LogP contribution in [0.25, 0.3) is 0 Å². The van der Waals surface area contributed by atoms with E-state index in [1.54, 1.807) is 12.1 Å². The highest BCUT2D eigenvalue weighted by Crippen LogP contribution is 2.27. The van der Waals surface area contributed by atoms with Crippen molar-refractivity contribution >= 4 is 24.0 Å². The average molecular weight is 387 g/mol. The van der Waals surface area contributed by atoms with Crippen LogP contribution in [-0.4, -0.2) is 37.7 Å². The van der Waals surface area contributed by atoms with Gasteiger partial charge in [-0.15, -0.1) is 0 Å². The predicted octanol–water partition coefficient (Wildman–Crippen LogP) is 1.64. The van der Waals surface area contributed by atoms with Crippen LogP contribution in [0.2, 0.25) is 0 Å². The normalized spacial score (nSPS) is 10.4. The molecule has 0 aliphatic heterocycles. The largest absolute Gasteiger partial charge is 0.493 e. The zero-order chi connectivity index (χ0) is 20.5. The molecule has 0 unspecified atom stereocenters. The second kappa shape index (κ2) is 9.81. The Morgan fingerprint density at radius 3 is 2.61 bits per heavy atom. The fraction of sp³-hybridized carbons (Fsp3) is 0.158. The number of methoxy groups -OCH3 is 1. The Morgan fingerprint density at radius 1 is 1.14 bits per heavy atom. The van der Waals surface area contributed by atoms with E-state index >= 15 is 0 Å². The molecule has 0 spiro atoms. The van der Waals surface area contributed by atoms with Crippen LogP contribution < -0.4 is 20.2 Å². The van der Waals surface area contributed by atoms with Crippen molar-refractivity contribution in [2.75, 3.05) is 13.7 Å². The molecule has 0 radical (unpaired) electrons. The number of esters is 1. The molecule has 2 N–H and O–H groups in total. The lowest BCUT2D eigenvalue weighted by Crippen LogP contribution is -2.34. The van der Waals surface area contributed by atoms with Gasteiger partial charge in [0.25, 0.3) is 11.8 Å². The monoisotopic (exact) mass is 387 g/mol. The van der Waals surface area contributed by atoms with E-state index in [0.717, 1.165) is 6.07 Å². The molecule has 28 heavy (non-hydrogen) atoms. The van der Waals surface area contributed by atoms with Gasteiger partial charge in [-0.2, -0.15) is 5.10 Å². The van der Waals surface area contributed by atoms with E-state index in [1.807, 2.05) is 0 Å². The van der Waals surface area contributed by atoms with Crippen LogP contribution in [-0.2, 0) is 9.59 Å². The van der Waals surface area contributed by atoms with Gasteiger partial charge in [-0.1, -0.05) is 6.07 Å². The molecule has 0 saturated heterocycles. The van der Waals surface area contributed by atoms with Crippen LogP contribution >= 0.6 is 0 Å². The Labute approximate surface area is 160 Å². The number of hydrazone groups is 1. The van der Waals surface area contributed by atoms with Gasteiger partial charge in [-0.05, 0) is 42.0 Å². The molecule has 2 amide bonds. The zero-order valence-electron chi connectivity index (χ0n) is 15.2. The van der Waals surface area contributed by atoms with E-state index in [0.29, 0.717) is 11.3 Å². The Hall–Kier alpha value is -3.75. The molecule has 0 aliphatic carbocycles. The number of nitrogens with zero attached hydrogens (tertiary/aromatic N) is 1. The Bertz CT molecular complexity index is 914. The SMILES string of the molecule is COc1cc(/C=N/NC(=O)CNC(=O)c2cccc(F)c2)ccc1OC(C)=O. The summed E-state index contributed by atoms with van der Waals surface area (Å²) in [5.74, 6) is -1.58. The summed E-state index contributed by atoms with van der Waals surface area (Å²) in [5.41, 5.74) is 2.94. The van der Waals surface area contributed by atoms with Gasteiger partial charge < -0.3 is 14.8 Å². The van der Waals surface area contributed by atoms with Crippen molar-refractivity contribution in [1.29, 1.82) is 0 Å². The summed E-state index contributed by atoms with van der Waals surface area (Å²) >= 11 is 0. The first-order valence-corrected chi connectivity index (χ1v) is 8.11. The summed E-state index contributed by atoms with van der Waals surface area (Å²) in [5, 5.41) is 6.13. The number of rotatable bonds is 7. The third-order valence-electron chi connectivity index (χ3n) is 3.34. The molecule has 9 heteroatoms. The summed E-state index contributed by atoms with van der Waals surface area (Å²) in [6.07, 6.45) is 1.35. The topological polar surface area (TPSA) is 106 Å². The number of halogens is 1. The van der Waals surface area contributed by atoms with Crippen molar-refractivity contribution in [1.82, 2.24) is 10.7 Å². The van der Waals surface area contributed by atoms with Gasteiger partial charge in [0.2, 0.25) is 0 Å². The maximum Gasteiger partial charge on any atom is 0.308 e. The number of nitrogens with one attached hydrogen (secondary N) is 2. The van der Waals surface area contributed by atoms with Crippen LogP contribution in [0.4, 0.5) is 4.39 Å². The molecule has 0 bridgehead atoms. The molecule has 0 heterocycles. The minimum absolute atomic E-state index is 0.108. The van der Waals surface area contributed by atoms with Crippen molar-refractivity contribution in [3.05, 3.63) is 59.4 Å². The van der Waals surface area contributed by atoms with Crippen molar-refractivity contribution in [2.45, 2.75) is 6.92 Å². The minimum Gasteiger partial charge on any atom is -0.493 e. The smallest absolute Gasteiger partial charge is 0.308 e. The highest BCUT2D eigenvalue weighted by atomic mass is 19.1. The quantitative estimate of drug-likeness (QED) is 0.325. The maximum absolute atomic E-state index is 13.1. The second-order valence-corrected chi connectivity index (χ2v) is 5.49. The highest BCUT2D eigenvalue weighted by molar-refractivity contribution is 5.96. The van der Waals surface area contributed by atoms with Crippen LogP contribution in [0.15, 0.2) is 47.6 Å². The number of benzene rings is 2. The molecule has 2 aromatic rings. The van der Waals surface area contributed by atoms with Crippen molar-refractivity contribution < 1.29 is 28.2 Å². The molecule has 0 aromatic heterocycles. The van der Waals surface area contributed by atoms with Gasteiger partial charge in [0, 0.05) is 12.5 Å². The minimum atomic E-state index is -0.579. The standard InChI is InChI=1S/C19H18FN3O5/c1-12(24)28-16-7-6-13(8-17(16)27-2)10-22-23-18(25)11-21-19(26)14-4-3-5-15(20)9-14/h3-10H,11H2,1-2H3,(H,21,26)(H,23,25)/b22-10+. The van der Waals surface area contributed by atoms with Crippen LogP contribution in [0, 0.1) is 5.82 Å². The number of amides is 2.